The maximum atomic E-state index is 5.76. The van der Waals surface area contributed by atoms with Gasteiger partial charge in [0.25, 0.3) is 0 Å². The van der Waals surface area contributed by atoms with E-state index in [1.807, 2.05) is 48.5 Å². The molecule has 0 unspecified atom stereocenters. The van der Waals surface area contributed by atoms with Crippen molar-refractivity contribution in [1.29, 1.82) is 0 Å². The number of aromatic nitrogens is 1. The van der Waals surface area contributed by atoms with Crippen LogP contribution in [0.3, 0.4) is 0 Å². The number of nitrogen functional groups attached to an aromatic ring is 1. The summed E-state index contributed by atoms with van der Waals surface area (Å²) in [5, 5.41) is 3.53. The van der Waals surface area contributed by atoms with Gasteiger partial charge < -0.3 is 11.1 Å². The molecule has 3 rings (SSSR count). The minimum absolute atomic E-state index is 0.0780. The molecule has 3 aromatic rings. The summed E-state index contributed by atoms with van der Waals surface area (Å²) in [6.45, 7) is 0. The van der Waals surface area contributed by atoms with Gasteiger partial charge in [-0.25, -0.2) is 4.98 Å². The lowest BCUT2D eigenvalue weighted by atomic mass is 9.98. The molecule has 0 spiro atoms. The number of pyridine rings is 1. The van der Waals surface area contributed by atoms with E-state index >= 15 is 0 Å². The predicted molar refractivity (Wildman–Crippen MR) is 87.0 cm³/mol. The second kappa shape index (κ2) is 6.09. The maximum Gasteiger partial charge on any atom is 0.125 e. The molecule has 1 heterocycles. The largest absolute Gasteiger partial charge is 0.384 e. The van der Waals surface area contributed by atoms with Gasteiger partial charge in [-0.1, -0.05) is 60.7 Å². The van der Waals surface area contributed by atoms with Crippen LogP contribution in [-0.2, 0) is 0 Å². The summed E-state index contributed by atoms with van der Waals surface area (Å²) >= 11 is 0. The number of benzene rings is 2. The number of rotatable bonds is 4. The Balaban J connectivity index is 1.97. The van der Waals surface area contributed by atoms with Gasteiger partial charge in [0.2, 0.25) is 0 Å². The molecule has 104 valence electrons. The van der Waals surface area contributed by atoms with Gasteiger partial charge in [-0.3, -0.25) is 0 Å². The molecule has 0 aliphatic carbocycles. The number of anilines is 2. The quantitative estimate of drug-likeness (QED) is 0.760. The Morgan fingerprint density at radius 2 is 1.38 bits per heavy atom. The molecule has 2 aromatic carbocycles. The smallest absolute Gasteiger partial charge is 0.125 e. The van der Waals surface area contributed by atoms with Gasteiger partial charge in [0.15, 0.2) is 0 Å². The lowest BCUT2D eigenvalue weighted by molar-refractivity contribution is 0.938. The summed E-state index contributed by atoms with van der Waals surface area (Å²) in [4.78, 5) is 4.03. The molecule has 0 radical (unpaired) electrons. The lowest BCUT2D eigenvalue weighted by Gasteiger charge is -2.21. The summed E-state index contributed by atoms with van der Waals surface area (Å²) in [6, 6.07) is 24.6. The maximum absolute atomic E-state index is 5.76. The van der Waals surface area contributed by atoms with Crippen molar-refractivity contribution in [3.05, 3.63) is 90.1 Å². The van der Waals surface area contributed by atoms with Crippen molar-refractivity contribution in [3.63, 3.8) is 0 Å². The van der Waals surface area contributed by atoms with Crippen LogP contribution >= 0.6 is 0 Å². The summed E-state index contributed by atoms with van der Waals surface area (Å²) < 4.78 is 0. The highest BCUT2D eigenvalue weighted by Gasteiger charge is 2.13. The van der Waals surface area contributed by atoms with Crippen molar-refractivity contribution in [1.82, 2.24) is 4.98 Å². The van der Waals surface area contributed by atoms with Crippen LogP contribution in [0.15, 0.2) is 79.0 Å². The second-order valence-electron chi connectivity index (χ2n) is 4.87. The highest BCUT2D eigenvalue weighted by atomic mass is 14.9. The van der Waals surface area contributed by atoms with Crippen molar-refractivity contribution in [2.24, 2.45) is 0 Å². The molecular weight excluding hydrogens is 258 g/mol. The third-order valence-corrected chi connectivity index (χ3v) is 3.36. The summed E-state index contributed by atoms with van der Waals surface area (Å²) in [5.74, 6) is 0.514. The van der Waals surface area contributed by atoms with Gasteiger partial charge in [-0.05, 0) is 17.2 Å². The van der Waals surface area contributed by atoms with Crippen LogP contribution < -0.4 is 11.1 Å². The molecule has 0 aliphatic heterocycles. The Morgan fingerprint density at radius 3 is 1.90 bits per heavy atom. The van der Waals surface area contributed by atoms with Gasteiger partial charge >= 0.3 is 0 Å². The number of nitrogens with zero attached hydrogens (tertiary/aromatic N) is 1. The topological polar surface area (TPSA) is 50.9 Å². The minimum atomic E-state index is 0.0780. The van der Waals surface area contributed by atoms with Crippen molar-refractivity contribution in [2.75, 3.05) is 11.1 Å². The molecule has 0 aliphatic rings. The molecular formula is C18H17N3. The van der Waals surface area contributed by atoms with E-state index < -0.39 is 0 Å². The number of nitrogens with one attached hydrogen (secondary N) is 1. The van der Waals surface area contributed by atoms with E-state index in [2.05, 4.69) is 34.6 Å². The first-order chi connectivity index (χ1) is 10.3. The van der Waals surface area contributed by atoms with Crippen molar-refractivity contribution >= 4 is 11.5 Å². The molecule has 0 atom stereocenters. The fourth-order valence-corrected chi connectivity index (χ4v) is 2.35. The van der Waals surface area contributed by atoms with Crippen LogP contribution in [0.5, 0.6) is 0 Å². The fourth-order valence-electron chi connectivity index (χ4n) is 2.35. The molecule has 21 heavy (non-hydrogen) atoms. The lowest BCUT2D eigenvalue weighted by Crippen LogP contribution is -2.12. The zero-order valence-electron chi connectivity index (χ0n) is 11.6. The molecule has 3 heteroatoms. The molecule has 0 saturated carbocycles. The third kappa shape index (κ3) is 3.20. The Labute approximate surface area is 124 Å². The van der Waals surface area contributed by atoms with E-state index in [1.54, 1.807) is 6.20 Å². The Bertz CT molecular complexity index is 656. The predicted octanol–water partition coefficient (Wildman–Crippen LogP) is 3.87. The molecule has 0 amide bonds. The van der Waals surface area contributed by atoms with Gasteiger partial charge in [0.1, 0.15) is 5.82 Å². The van der Waals surface area contributed by atoms with Crippen LogP contribution in [0.4, 0.5) is 11.5 Å². The first-order valence-corrected chi connectivity index (χ1v) is 6.91. The van der Waals surface area contributed by atoms with Gasteiger partial charge in [-0.15, -0.1) is 0 Å². The molecule has 0 bridgehead atoms. The van der Waals surface area contributed by atoms with Gasteiger partial charge in [-0.2, -0.15) is 0 Å². The average Bonchev–Trinajstić information content (AvgIpc) is 2.54. The zero-order valence-corrected chi connectivity index (χ0v) is 11.6. The molecule has 3 nitrogen and oxygen atoms in total. The highest BCUT2D eigenvalue weighted by Crippen LogP contribution is 2.26. The van der Waals surface area contributed by atoms with Crippen LogP contribution in [0.1, 0.15) is 17.2 Å². The Kier molecular flexibility index (Phi) is 3.83. The zero-order chi connectivity index (χ0) is 14.5. The van der Waals surface area contributed by atoms with E-state index in [0.29, 0.717) is 5.82 Å². The first-order valence-electron chi connectivity index (χ1n) is 6.91. The van der Waals surface area contributed by atoms with Crippen LogP contribution in [0.2, 0.25) is 0 Å². The van der Waals surface area contributed by atoms with Crippen molar-refractivity contribution < 1.29 is 0 Å². The molecule has 0 fully saturated rings. The van der Waals surface area contributed by atoms with E-state index in [9.17, 15) is 0 Å². The van der Waals surface area contributed by atoms with E-state index in [-0.39, 0.29) is 6.04 Å². The number of hydrogen-bond acceptors (Lipinski definition) is 3. The molecule has 0 saturated heterocycles. The summed E-state index contributed by atoms with van der Waals surface area (Å²) in [7, 11) is 0. The van der Waals surface area contributed by atoms with Crippen molar-refractivity contribution in [2.45, 2.75) is 6.04 Å². The minimum Gasteiger partial charge on any atom is -0.384 e. The number of hydrogen-bond donors (Lipinski definition) is 2. The van der Waals surface area contributed by atoms with Crippen LogP contribution in [0, 0.1) is 0 Å². The fraction of sp³-hybridized carbons (Fsp3) is 0.0556. The number of nitrogens with two attached hydrogens (primary N) is 1. The van der Waals surface area contributed by atoms with Gasteiger partial charge in [0, 0.05) is 18.0 Å². The van der Waals surface area contributed by atoms with E-state index in [4.69, 9.17) is 5.73 Å². The normalized spacial score (nSPS) is 10.5. The molecule has 3 N–H and O–H groups in total. The van der Waals surface area contributed by atoms with Gasteiger partial charge in [0.05, 0.1) is 6.04 Å². The average molecular weight is 275 g/mol. The Hall–Kier alpha value is -2.81. The second-order valence-corrected chi connectivity index (χ2v) is 4.87. The Morgan fingerprint density at radius 1 is 0.810 bits per heavy atom. The standard InChI is InChI=1S/C18H17N3/c19-17-13-16(11-12-20-17)21-18(14-7-3-1-4-8-14)15-9-5-2-6-10-15/h1-13,18H,(H3,19,20,21). The monoisotopic (exact) mass is 275 g/mol. The van der Waals surface area contributed by atoms with Crippen LogP contribution in [-0.4, -0.2) is 4.98 Å². The SMILES string of the molecule is Nc1cc(NC(c2ccccc2)c2ccccc2)ccn1. The third-order valence-electron chi connectivity index (χ3n) is 3.36. The van der Waals surface area contributed by atoms with Crippen LogP contribution in [0.25, 0.3) is 0 Å². The highest BCUT2D eigenvalue weighted by molar-refractivity contribution is 5.53. The first kappa shape index (κ1) is 13.2. The summed E-state index contributed by atoms with van der Waals surface area (Å²) in [6.07, 6.45) is 1.71. The van der Waals surface area contributed by atoms with E-state index in [1.165, 1.54) is 11.1 Å². The summed E-state index contributed by atoms with van der Waals surface area (Å²) in [5.41, 5.74) is 9.13. The molecule has 1 aromatic heterocycles. The van der Waals surface area contributed by atoms with E-state index in [0.717, 1.165) is 5.69 Å². The van der Waals surface area contributed by atoms with Crippen molar-refractivity contribution in [3.8, 4) is 0 Å².